The number of rotatable bonds is 8. The number of benzene rings is 1. The summed E-state index contributed by atoms with van der Waals surface area (Å²) in [4.78, 5) is 42.6. The number of carbonyl (C=O) groups excluding carboxylic acids is 2. The minimum absolute atomic E-state index is 0.140. The van der Waals surface area contributed by atoms with Gasteiger partial charge in [-0.3, -0.25) is 34.3 Å². The van der Waals surface area contributed by atoms with Crippen molar-refractivity contribution in [3.05, 3.63) is 125 Å². The van der Waals surface area contributed by atoms with Crippen LogP contribution in [0, 0.1) is 0 Å². The van der Waals surface area contributed by atoms with Gasteiger partial charge in [-0.05, 0) is 48.5 Å². The van der Waals surface area contributed by atoms with Crippen LogP contribution >= 0.6 is 0 Å². The van der Waals surface area contributed by atoms with Gasteiger partial charge in [0.2, 0.25) is 0 Å². The van der Waals surface area contributed by atoms with Gasteiger partial charge in [-0.2, -0.15) is 0 Å². The van der Waals surface area contributed by atoms with Gasteiger partial charge in [0, 0.05) is 32.0 Å². The SMILES string of the molecule is O=C1c2ccccc2C(=O)N1Cc1cccc(CN(Cc2ccccn2)Cc2ccccn2)n1. The van der Waals surface area contributed by atoms with E-state index in [9.17, 15) is 9.59 Å². The quantitative estimate of drug-likeness (QED) is 0.380. The fraction of sp³-hybridized carbons (Fsp3) is 0.148. The molecule has 0 saturated heterocycles. The fourth-order valence-electron chi connectivity index (χ4n) is 4.09. The van der Waals surface area contributed by atoms with E-state index in [0.717, 1.165) is 17.1 Å². The number of carbonyl (C=O) groups is 2. The van der Waals surface area contributed by atoms with Gasteiger partial charge in [0.15, 0.2) is 0 Å². The van der Waals surface area contributed by atoms with E-state index in [2.05, 4.69) is 14.9 Å². The molecule has 2 amide bonds. The van der Waals surface area contributed by atoms with Crippen LogP contribution < -0.4 is 0 Å². The average molecular weight is 450 g/mol. The van der Waals surface area contributed by atoms with E-state index >= 15 is 0 Å². The zero-order valence-electron chi connectivity index (χ0n) is 18.5. The molecule has 1 aliphatic heterocycles. The monoisotopic (exact) mass is 449 g/mol. The first-order valence-corrected chi connectivity index (χ1v) is 11.1. The first-order chi connectivity index (χ1) is 16.7. The number of pyridine rings is 3. The third-order valence-corrected chi connectivity index (χ3v) is 5.67. The molecule has 7 heteroatoms. The Labute approximate surface area is 197 Å². The van der Waals surface area contributed by atoms with Gasteiger partial charge >= 0.3 is 0 Å². The molecule has 0 radical (unpaired) electrons. The molecule has 1 aliphatic rings. The molecule has 34 heavy (non-hydrogen) atoms. The van der Waals surface area contributed by atoms with Crippen LogP contribution in [0.5, 0.6) is 0 Å². The molecule has 0 atom stereocenters. The number of hydrogen-bond acceptors (Lipinski definition) is 6. The summed E-state index contributed by atoms with van der Waals surface area (Å²) in [7, 11) is 0. The molecule has 1 aromatic carbocycles. The van der Waals surface area contributed by atoms with Crippen molar-refractivity contribution in [1.29, 1.82) is 0 Å². The number of hydrogen-bond donors (Lipinski definition) is 0. The molecule has 0 unspecified atom stereocenters. The summed E-state index contributed by atoms with van der Waals surface area (Å²) in [5.74, 6) is -0.556. The van der Waals surface area contributed by atoms with Crippen LogP contribution in [0.25, 0.3) is 0 Å². The van der Waals surface area contributed by atoms with Gasteiger partial charge in [0.05, 0.1) is 40.4 Å². The van der Waals surface area contributed by atoms with Crippen LogP contribution in [0.4, 0.5) is 0 Å². The highest BCUT2D eigenvalue weighted by molar-refractivity contribution is 6.21. The standard InChI is InChI=1S/C27H23N5O2/c33-26-24-12-1-2-13-25(24)27(34)32(26)19-23-11-7-10-22(30-23)18-31(16-20-8-3-5-14-28-20)17-21-9-4-6-15-29-21/h1-15H,16-19H2. The second-order valence-electron chi connectivity index (χ2n) is 8.15. The topological polar surface area (TPSA) is 79.3 Å². The third-order valence-electron chi connectivity index (χ3n) is 5.67. The summed E-state index contributed by atoms with van der Waals surface area (Å²) in [6.07, 6.45) is 3.57. The summed E-state index contributed by atoms with van der Waals surface area (Å²) < 4.78 is 0. The zero-order valence-corrected chi connectivity index (χ0v) is 18.5. The van der Waals surface area contributed by atoms with E-state index in [4.69, 9.17) is 4.98 Å². The third kappa shape index (κ3) is 4.74. The maximum atomic E-state index is 12.7. The van der Waals surface area contributed by atoms with Gasteiger partial charge in [-0.1, -0.05) is 30.3 Å². The summed E-state index contributed by atoms with van der Waals surface area (Å²) in [5, 5.41) is 0. The number of aromatic nitrogens is 3. The van der Waals surface area contributed by atoms with Crippen molar-refractivity contribution in [1.82, 2.24) is 24.8 Å². The van der Waals surface area contributed by atoms with Gasteiger partial charge in [-0.15, -0.1) is 0 Å². The summed E-state index contributed by atoms with van der Waals surface area (Å²) in [6.45, 7) is 1.99. The molecule has 0 bridgehead atoms. The molecule has 0 N–H and O–H groups in total. The van der Waals surface area contributed by atoms with Crippen LogP contribution in [0.3, 0.4) is 0 Å². The Morgan fingerprint density at radius 2 is 1.09 bits per heavy atom. The van der Waals surface area contributed by atoms with E-state index < -0.39 is 0 Å². The van der Waals surface area contributed by atoms with E-state index in [1.807, 2.05) is 54.6 Å². The van der Waals surface area contributed by atoms with Gasteiger partial charge in [0.1, 0.15) is 0 Å². The molecule has 0 saturated carbocycles. The normalized spacial score (nSPS) is 12.9. The maximum absolute atomic E-state index is 12.7. The van der Waals surface area contributed by atoms with Crippen LogP contribution in [0.15, 0.2) is 91.3 Å². The minimum atomic E-state index is -0.278. The minimum Gasteiger partial charge on any atom is -0.286 e. The molecule has 7 nitrogen and oxygen atoms in total. The second kappa shape index (κ2) is 9.72. The van der Waals surface area contributed by atoms with E-state index in [1.165, 1.54) is 4.90 Å². The Morgan fingerprint density at radius 1 is 0.588 bits per heavy atom. The van der Waals surface area contributed by atoms with Crippen LogP contribution in [-0.2, 0) is 26.2 Å². The fourth-order valence-corrected chi connectivity index (χ4v) is 4.09. The Kier molecular flexibility index (Phi) is 6.18. The predicted molar refractivity (Wildman–Crippen MR) is 126 cm³/mol. The average Bonchev–Trinajstić information content (AvgIpc) is 3.10. The summed E-state index contributed by atoms with van der Waals surface area (Å²) >= 11 is 0. The maximum Gasteiger partial charge on any atom is 0.261 e. The highest BCUT2D eigenvalue weighted by Crippen LogP contribution is 2.24. The molecule has 0 aliphatic carbocycles. The number of amides is 2. The summed E-state index contributed by atoms with van der Waals surface area (Å²) in [6, 6.07) is 24.4. The largest absolute Gasteiger partial charge is 0.286 e. The van der Waals surface area contributed by atoms with E-state index in [1.54, 1.807) is 36.7 Å². The second-order valence-corrected chi connectivity index (χ2v) is 8.15. The molecule has 0 fully saturated rings. The first kappa shape index (κ1) is 21.6. The number of fused-ring (bicyclic) bond motifs is 1. The molecule has 0 spiro atoms. The Bertz CT molecular complexity index is 1230. The lowest BCUT2D eigenvalue weighted by Crippen LogP contribution is -2.30. The first-order valence-electron chi connectivity index (χ1n) is 11.1. The van der Waals surface area contributed by atoms with Crippen molar-refractivity contribution >= 4 is 11.8 Å². The highest BCUT2D eigenvalue weighted by Gasteiger charge is 2.35. The van der Waals surface area contributed by atoms with Crippen molar-refractivity contribution in [2.24, 2.45) is 0 Å². The molecule has 4 aromatic rings. The smallest absolute Gasteiger partial charge is 0.261 e. The lowest BCUT2D eigenvalue weighted by molar-refractivity contribution is 0.0640. The van der Waals surface area contributed by atoms with Crippen LogP contribution in [-0.4, -0.2) is 36.6 Å². The molecule has 168 valence electrons. The molecular formula is C27H23N5O2. The van der Waals surface area contributed by atoms with Gasteiger partial charge < -0.3 is 0 Å². The van der Waals surface area contributed by atoms with E-state index in [-0.39, 0.29) is 18.4 Å². The molecule has 5 rings (SSSR count). The lowest BCUT2D eigenvalue weighted by atomic mass is 10.1. The lowest BCUT2D eigenvalue weighted by Gasteiger charge is -2.22. The van der Waals surface area contributed by atoms with Gasteiger partial charge in [0.25, 0.3) is 11.8 Å². The van der Waals surface area contributed by atoms with Crippen LogP contribution in [0.2, 0.25) is 0 Å². The molecule has 3 aromatic heterocycles. The van der Waals surface area contributed by atoms with Crippen molar-refractivity contribution < 1.29 is 9.59 Å². The van der Waals surface area contributed by atoms with Gasteiger partial charge in [-0.25, -0.2) is 0 Å². The Morgan fingerprint density at radius 3 is 1.65 bits per heavy atom. The number of nitrogens with zero attached hydrogens (tertiary/aromatic N) is 5. The van der Waals surface area contributed by atoms with Crippen molar-refractivity contribution in [3.63, 3.8) is 0 Å². The predicted octanol–water partition coefficient (Wildman–Crippen LogP) is 3.87. The molecule has 4 heterocycles. The Balaban J connectivity index is 1.34. The van der Waals surface area contributed by atoms with Crippen molar-refractivity contribution in [3.8, 4) is 0 Å². The Hall–Kier alpha value is -4.23. The number of imide groups is 1. The van der Waals surface area contributed by atoms with Crippen molar-refractivity contribution in [2.45, 2.75) is 26.2 Å². The van der Waals surface area contributed by atoms with Crippen LogP contribution in [0.1, 0.15) is 43.5 Å². The summed E-state index contributed by atoms with van der Waals surface area (Å²) in [5.41, 5.74) is 4.32. The zero-order chi connectivity index (χ0) is 23.3. The van der Waals surface area contributed by atoms with Crippen molar-refractivity contribution in [2.75, 3.05) is 0 Å². The van der Waals surface area contributed by atoms with E-state index in [0.29, 0.717) is 36.5 Å². The highest BCUT2D eigenvalue weighted by atomic mass is 16.2. The molecular weight excluding hydrogens is 426 g/mol.